The first kappa shape index (κ1) is 18.5. The molecule has 0 bridgehead atoms. The Morgan fingerprint density at radius 3 is 2.79 bits per heavy atom. The molecule has 29 heavy (non-hydrogen) atoms. The lowest BCUT2D eigenvalue weighted by Crippen LogP contribution is -2.40. The first-order valence-electron chi connectivity index (χ1n) is 10.3. The van der Waals surface area contributed by atoms with Crippen LogP contribution in [0, 0.1) is 5.92 Å². The molecule has 2 unspecified atom stereocenters. The standard InChI is InChI=1S/C23H26N2O4/c1-27-20-7-6-16(22-17-4-2-3-5-19(17)29-23(20)22)18(25-8-10-28-11-9-25)12-15-13-21(26)24-14-15/h2-7,15,18H,8-14H2,1H3,(H,24,26). The number of carbonyl (C=O) groups is 1. The second kappa shape index (κ2) is 7.69. The van der Waals surface area contributed by atoms with Crippen LogP contribution in [0.2, 0.25) is 0 Å². The largest absolute Gasteiger partial charge is 0.493 e. The monoisotopic (exact) mass is 394 g/mol. The van der Waals surface area contributed by atoms with Crippen LogP contribution in [0.5, 0.6) is 5.75 Å². The quantitative estimate of drug-likeness (QED) is 0.718. The van der Waals surface area contributed by atoms with Crippen molar-refractivity contribution in [3.8, 4) is 5.75 Å². The predicted octanol–water partition coefficient (Wildman–Crippen LogP) is 3.49. The fourth-order valence-electron chi connectivity index (χ4n) is 4.78. The fourth-order valence-corrected chi connectivity index (χ4v) is 4.78. The van der Waals surface area contributed by atoms with Crippen LogP contribution in [-0.2, 0) is 9.53 Å². The Morgan fingerprint density at radius 2 is 2.03 bits per heavy atom. The van der Waals surface area contributed by atoms with Gasteiger partial charge in [0.2, 0.25) is 5.91 Å². The number of fused-ring (bicyclic) bond motifs is 3. The van der Waals surface area contributed by atoms with Gasteiger partial charge in [0, 0.05) is 42.9 Å². The van der Waals surface area contributed by atoms with Crippen molar-refractivity contribution in [2.24, 2.45) is 5.92 Å². The number of carbonyl (C=O) groups excluding carboxylic acids is 1. The number of hydrogen-bond donors (Lipinski definition) is 1. The van der Waals surface area contributed by atoms with E-state index in [2.05, 4.69) is 22.3 Å². The molecular formula is C23H26N2O4. The zero-order valence-electron chi connectivity index (χ0n) is 16.6. The van der Waals surface area contributed by atoms with Gasteiger partial charge in [0.05, 0.1) is 20.3 Å². The highest BCUT2D eigenvalue weighted by molar-refractivity contribution is 6.08. The van der Waals surface area contributed by atoms with Crippen LogP contribution in [0.3, 0.4) is 0 Å². The second-order valence-corrected chi connectivity index (χ2v) is 7.93. The zero-order chi connectivity index (χ0) is 19.8. The van der Waals surface area contributed by atoms with Gasteiger partial charge in [0.1, 0.15) is 5.58 Å². The van der Waals surface area contributed by atoms with E-state index in [1.807, 2.05) is 24.3 Å². The lowest BCUT2D eigenvalue weighted by atomic mass is 9.90. The zero-order valence-corrected chi connectivity index (χ0v) is 16.6. The Bertz CT molecular complexity index is 1040. The van der Waals surface area contributed by atoms with Gasteiger partial charge in [-0.05, 0) is 30.0 Å². The van der Waals surface area contributed by atoms with E-state index in [0.29, 0.717) is 12.3 Å². The van der Waals surface area contributed by atoms with Crippen molar-refractivity contribution >= 4 is 27.8 Å². The number of hydrogen-bond acceptors (Lipinski definition) is 5. The van der Waals surface area contributed by atoms with Crippen LogP contribution >= 0.6 is 0 Å². The maximum atomic E-state index is 11.8. The normalized spacial score (nSPS) is 21.6. The summed E-state index contributed by atoms with van der Waals surface area (Å²) in [6.07, 6.45) is 1.53. The average Bonchev–Trinajstić information content (AvgIpc) is 3.35. The highest BCUT2D eigenvalue weighted by Crippen LogP contribution is 2.42. The molecule has 1 amide bonds. The minimum atomic E-state index is 0.157. The number of ether oxygens (including phenoxy) is 2. The lowest BCUT2D eigenvalue weighted by Gasteiger charge is -2.36. The number of para-hydroxylation sites is 1. The molecule has 5 rings (SSSR count). The van der Waals surface area contributed by atoms with E-state index in [1.165, 1.54) is 5.56 Å². The van der Waals surface area contributed by atoms with E-state index in [4.69, 9.17) is 13.9 Å². The van der Waals surface area contributed by atoms with Crippen LogP contribution in [0.15, 0.2) is 40.8 Å². The second-order valence-electron chi connectivity index (χ2n) is 7.93. The first-order valence-corrected chi connectivity index (χ1v) is 10.3. The van der Waals surface area contributed by atoms with E-state index >= 15 is 0 Å². The Kier molecular flexibility index (Phi) is 4.89. The average molecular weight is 394 g/mol. The molecule has 2 fully saturated rings. The van der Waals surface area contributed by atoms with Gasteiger partial charge in [-0.2, -0.15) is 0 Å². The van der Waals surface area contributed by atoms with Gasteiger partial charge in [-0.3, -0.25) is 9.69 Å². The fraction of sp³-hybridized carbons (Fsp3) is 0.435. The molecule has 6 nitrogen and oxygen atoms in total. The van der Waals surface area contributed by atoms with Gasteiger partial charge in [0.15, 0.2) is 11.3 Å². The molecule has 0 saturated carbocycles. The number of rotatable bonds is 5. The first-order chi connectivity index (χ1) is 14.2. The minimum absolute atomic E-state index is 0.157. The molecule has 0 aliphatic carbocycles. The molecule has 2 saturated heterocycles. The number of furan rings is 1. The number of nitrogens with one attached hydrogen (secondary N) is 1. The Morgan fingerprint density at radius 1 is 1.21 bits per heavy atom. The van der Waals surface area contributed by atoms with Crippen LogP contribution < -0.4 is 10.1 Å². The van der Waals surface area contributed by atoms with Gasteiger partial charge in [0.25, 0.3) is 0 Å². The van der Waals surface area contributed by atoms with Gasteiger partial charge in [-0.25, -0.2) is 0 Å². The number of amides is 1. The molecule has 6 heteroatoms. The van der Waals surface area contributed by atoms with Crippen molar-refractivity contribution in [3.05, 3.63) is 42.0 Å². The van der Waals surface area contributed by atoms with Crippen molar-refractivity contribution in [2.75, 3.05) is 40.0 Å². The van der Waals surface area contributed by atoms with Crippen LogP contribution in [0.1, 0.15) is 24.4 Å². The summed E-state index contributed by atoms with van der Waals surface area (Å²) in [5, 5.41) is 5.21. The summed E-state index contributed by atoms with van der Waals surface area (Å²) in [6.45, 7) is 4.02. The molecule has 2 atom stereocenters. The highest BCUT2D eigenvalue weighted by Gasteiger charge is 2.32. The Balaban J connectivity index is 1.65. The number of benzene rings is 2. The van der Waals surface area contributed by atoms with Gasteiger partial charge in [-0.1, -0.05) is 24.3 Å². The molecule has 152 valence electrons. The summed E-state index contributed by atoms with van der Waals surface area (Å²) in [5.41, 5.74) is 2.91. The van der Waals surface area contributed by atoms with Crippen molar-refractivity contribution in [2.45, 2.75) is 18.9 Å². The van der Waals surface area contributed by atoms with Crippen molar-refractivity contribution in [1.82, 2.24) is 10.2 Å². The maximum Gasteiger partial charge on any atom is 0.220 e. The summed E-state index contributed by atoms with van der Waals surface area (Å²) in [6, 6.07) is 12.5. The summed E-state index contributed by atoms with van der Waals surface area (Å²) >= 11 is 0. The number of morpholine rings is 1. The van der Waals surface area contributed by atoms with Gasteiger partial charge in [-0.15, -0.1) is 0 Å². The summed E-state index contributed by atoms with van der Waals surface area (Å²) < 4.78 is 17.4. The van der Waals surface area contributed by atoms with E-state index in [1.54, 1.807) is 7.11 Å². The van der Waals surface area contributed by atoms with Crippen molar-refractivity contribution < 1.29 is 18.7 Å². The SMILES string of the molecule is COc1ccc(C(CC2CNC(=O)C2)N2CCOCC2)c2c1oc1ccccc12. The van der Waals surface area contributed by atoms with Crippen LogP contribution in [-0.4, -0.2) is 50.8 Å². The summed E-state index contributed by atoms with van der Waals surface area (Å²) in [4.78, 5) is 14.3. The molecule has 0 spiro atoms. The van der Waals surface area contributed by atoms with Gasteiger partial charge >= 0.3 is 0 Å². The van der Waals surface area contributed by atoms with Crippen LogP contribution in [0.25, 0.3) is 21.9 Å². The lowest BCUT2D eigenvalue weighted by molar-refractivity contribution is -0.119. The third-order valence-corrected chi connectivity index (χ3v) is 6.21. The van der Waals surface area contributed by atoms with Crippen LogP contribution in [0.4, 0.5) is 0 Å². The molecule has 2 aliphatic heterocycles. The molecule has 1 N–H and O–H groups in total. The topological polar surface area (TPSA) is 63.9 Å². The molecule has 0 radical (unpaired) electrons. The molecular weight excluding hydrogens is 368 g/mol. The molecule has 1 aromatic heterocycles. The van der Waals surface area contributed by atoms with Crippen molar-refractivity contribution in [1.29, 1.82) is 0 Å². The van der Waals surface area contributed by atoms with E-state index in [0.717, 1.165) is 67.0 Å². The predicted molar refractivity (Wildman–Crippen MR) is 111 cm³/mol. The molecule has 2 aliphatic rings. The molecule has 3 heterocycles. The molecule has 2 aromatic carbocycles. The maximum absolute atomic E-state index is 11.8. The number of methoxy groups -OCH3 is 1. The van der Waals surface area contributed by atoms with Gasteiger partial charge < -0.3 is 19.2 Å². The third kappa shape index (κ3) is 3.36. The Hall–Kier alpha value is -2.57. The van der Waals surface area contributed by atoms with E-state index < -0.39 is 0 Å². The Labute approximate surface area is 169 Å². The van der Waals surface area contributed by atoms with E-state index in [-0.39, 0.29) is 11.9 Å². The molecule has 3 aromatic rings. The highest BCUT2D eigenvalue weighted by atomic mass is 16.5. The van der Waals surface area contributed by atoms with Crippen molar-refractivity contribution in [3.63, 3.8) is 0 Å². The minimum Gasteiger partial charge on any atom is -0.493 e. The summed E-state index contributed by atoms with van der Waals surface area (Å²) in [7, 11) is 1.68. The summed E-state index contributed by atoms with van der Waals surface area (Å²) in [5.74, 6) is 1.24. The smallest absolute Gasteiger partial charge is 0.220 e. The number of nitrogens with zero attached hydrogens (tertiary/aromatic N) is 1. The van der Waals surface area contributed by atoms with E-state index in [9.17, 15) is 4.79 Å². The third-order valence-electron chi connectivity index (χ3n) is 6.21.